The Morgan fingerprint density at radius 3 is 2.60 bits per heavy atom. The van der Waals surface area contributed by atoms with Gasteiger partial charge in [0.1, 0.15) is 11.6 Å². The Labute approximate surface area is 189 Å². The molecule has 0 spiro atoms. The van der Waals surface area contributed by atoms with E-state index >= 15 is 0 Å². The van der Waals surface area contributed by atoms with Crippen LogP contribution in [0.3, 0.4) is 0 Å². The molecule has 6 nitrogen and oxygen atoms in total. The van der Waals surface area contributed by atoms with Crippen LogP contribution in [-0.4, -0.2) is 29.2 Å². The molecule has 1 heterocycles. The number of alkyl halides is 2. The normalized spacial score (nSPS) is 11.2. The van der Waals surface area contributed by atoms with Crippen LogP contribution in [0.5, 0.6) is 5.75 Å². The molecule has 0 saturated carbocycles. The maximum absolute atomic E-state index is 14.3. The molecule has 0 amide bonds. The van der Waals surface area contributed by atoms with Crippen molar-refractivity contribution < 1.29 is 17.9 Å². The molecule has 0 aliphatic carbocycles. The van der Waals surface area contributed by atoms with Crippen molar-refractivity contribution in [3.8, 4) is 11.4 Å². The molecule has 0 aliphatic rings. The number of halogens is 4. The van der Waals surface area contributed by atoms with Gasteiger partial charge in [0.15, 0.2) is 5.96 Å². The fourth-order valence-corrected chi connectivity index (χ4v) is 2.72. The quantitative estimate of drug-likeness (QED) is 0.274. The number of benzene rings is 2. The van der Waals surface area contributed by atoms with E-state index in [1.165, 1.54) is 18.5 Å². The predicted molar refractivity (Wildman–Crippen MR) is 119 cm³/mol. The van der Waals surface area contributed by atoms with Gasteiger partial charge in [0.2, 0.25) is 0 Å². The lowest BCUT2D eigenvalue weighted by molar-refractivity contribution is -0.0504. The van der Waals surface area contributed by atoms with Crippen LogP contribution in [-0.2, 0) is 13.1 Å². The Morgan fingerprint density at radius 1 is 1.17 bits per heavy atom. The molecule has 160 valence electrons. The number of aliphatic imine (C=N–C) groups is 1. The van der Waals surface area contributed by atoms with Crippen LogP contribution >= 0.6 is 24.0 Å². The zero-order valence-electron chi connectivity index (χ0n) is 16.1. The number of imidazole rings is 1. The van der Waals surface area contributed by atoms with E-state index < -0.39 is 6.61 Å². The average molecular weight is 531 g/mol. The zero-order valence-corrected chi connectivity index (χ0v) is 18.4. The van der Waals surface area contributed by atoms with Gasteiger partial charge < -0.3 is 19.9 Å². The number of guanidine groups is 1. The molecule has 0 saturated heterocycles. The van der Waals surface area contributed by atoms with Crippen LogP contribution < -0.4 is 15.4 Å². The lowest BCUT2D eigenvalue weighted by Crippen LogP contribution is -2.36. The third-order valence-electron chi connectivity index (χ3n) is 4.11. The van der Waals surface area contributed by atoms with Gasteiger partial charge in [-0.25, -0.2) is 9.37 Å². The van der Waals surface area contributed by atoms with Crippen molar-refractivity contribution in [1.82, 2.24) is 20.2 Å². The summed E-state index contributed by atoms with van der Waals surface area (Å²) in [4.78, 5) is 8.00. The van der Waals surface area contributed by atoms with Crippen LogP contribution in [0.15, 0.2) is 66.2 Å². The highest BCUT2D eigenvalue weighted by Crippen LogP contribution is 2.20. The number of para-hydroxylation sites is 1. The second kappa shape index (κ2) is 11.4. The Kier molecular flexibility index (Phi) is 8.96. The van der Waals surface area contributed by atoms with E-state index in [2.05, 4.69) is 25.3 Å². The molecular formula is C20H21F3IN5O. The van der Waals surface area contributed by atoms with Gasteiger partial charge in [0.05, 0.1) is 12.0 Å². The van der Waals surface area contributed by atoms with Crippen molar-refractivity contribution in [3.05, 3.63) is 78.1 Å². The molecular weight excluding hydrogens is 510 g/mol. The number of ether oxygens (including phenoxy) is 1. The van der Waals surface area contributed by atoms with Gasteiger partial charge in [-0.05, 0) is 23.8 Å². The summed E-state index contributed by atoms with van der Waals surface area (Å²) in [6.07, 6.45) is 4.77. The summed E-state index contributed by atoms with van der Waals surface area (Å²) < 4.78 is 45.5. The topological polar surface area (TPSA) is 63.5 Å². The maximum Gasteiger partial charge on any atom is 0.387 e. The summed E-state index contributed by atoms with van der Waals surface area (Å²) in [5.74, 6) is 0.168. The largest absolute Gasteiger partial charge is 0.434 e. The molecule has 2 aromatic carbocycles. The molecule has 1 aromatic heterocycles. The van der Waals surface area contributed by atoms with E-state index in [9.17, 15) is 13.2 Å². The van der Waals surface area contributed by atoms with Gasteiger partial charge in [-0.2, -0.15) is 8.78 Å². The van der Waals surface area contributed by atoms with Crippen molar-refractivity contribution >= 4 is 29.9 Å². The molecule has 3 aromatic rings. The van der Waals surface area contributed by atoms with Crippen molar-refractivity contribution in [2.24, 2.45) is 4.99 Å². The van der Waals surface area contributed by atoms with Gasteiger partial charge in [-0.15, -0.1) is 24.0 Å². The Bertz CT molecular complexity index is 967. The van der Waals surface area contributed by atoms with Crippen LogP contribution in [0.25, 0.3) is 5.69 Å². The Morgan fingerprint density at radius 2 is 1.93 bits per heavy atom. The highest BCUT2D eigenvalue weighted by Gasteiger charge is 2.10. The van der Waals surface area contributed by atoms with Crippen molar-refractivity contribution in [2.75, 3.05) is 7.05 Å². The van der Waals surface area contributed by atoms with Gasteiger partial charge in [-0.1, -0.05) is 24.3 Å². The maximum atomic E-state index is 14.3. The molecule has 0 bridgehead atoms. The van der Waals surface area contributed by atoms with Crippen molar-refractivity contribution in [1.29, 1.82) is 0 Å². The van der Waals surface area contributed by atoms with E-state index in [0.717, 1.165) is 5.56 Å². The number of hydrogen-bond donors (Lipinski definition) is 2. The van der Waals surface area contributed by atoms with Crippen molar-refractivity contribution in [3.63, 3.8) is 0 Å². The van der Waals surface area contributed by atoms with Gasteiger partial charge in [-0.3, -0.25) is 4.99 Å². The van der Waals surface area contributed by atoms with Gasteiger partial charge in [0, 0.05) is 38.1 Å². The highest BCUT2D eigenvalue weighted by molar-refractivity contribution is 14.0. The smallest absolute Gasteiger partial charge is 0.387 e. The molecule has 3 rings (SSSR count). The van der Waals surface area contributed by atoms with E-state index in [-0.39, 0.29) is 42.1 Å². The summed E-state index contributed by atoms with van der Waals surface area (Å²) in [6, 6.07) is 11.4. The monoisotopic (exact) mass is 531 g/mol. The van der Waals surface area contributed by atoms with E-state index in [4.69, 9.17) is 0 Å². The van der Waals surface area contributed by atoms with E-state index in [0.29, 0.717) is 23.8 Å². The number of nitrogens with zero attached hydrogens (tertiary/aromatic N) is 3. The van der Waals surface area contributed by atoms with E-state index in [1.807, 2.05) is 0 Å². The second-order valence-electron chi connectivity index (χ2n) is 6.02. The van der Waals surface area contributed by atoms with Gasteiger partial charge >= 0.3 is 6.61 Å². The molecule has 0 radical (unpaired) electrons. The molecule has 0 aliphatic heterocycles. The lowest BCUT2D eigenvalue weighted by Gasteiger charge is -2.15. The lowest BCUT2D eigenvalue weighted by atomic mass is 10.2. The zero-order chi connectivity index (χ0) is 20.6. The SMILES string of the molecule is CN=C(NCc1ccc(-n2ccnc2)c(F)c1)NCc1ccccc1OC(F)F.I. The summed E-state index contributed by atoms with van der Waals surface area (Å²) >= 11 is 0. The van der Waals surface area contributed by atoms with E-state index in [1.54, 1.807) is 54.3 Å². The fraction of sp³-hybridized carbons (Fsp3) is 0.200. The molecule has 0 atom stereocenters. The minimum atomic E-state index is -2.89. The minimum absolute atomic E-state index is 0. The summed E-state index contributed by atoms with van der Waals surface area (Å²) in [5.41, 5.74) is 1.69. The van der Waals surface area contributed by atoms with Crippen LogP contribution in [0.2, 0.25) is 0 Å². The number of aromatic nitrogens is 2. The third kappa shape index (κ3) is 6.37. The molecule has 2 N–H and O–H groups in total. The summed E-state index contributed by atoms with van der Waals surface area (Å²) in [6.45, 7) is -2.33. The van der Waals surface area contributed by atoms with Crippen LogP contribution in [0.1, 0.15) is 11.1 Å². The summed E-state index contributed by atoms with van der Waals surface area (Å²) in [7, 11) is 1.58. The molecule has 10 heteroatoms. The standard InChI is InChI=1S/C20H20F3N5O.HI/c1-24-20(27-12-15-4-2-3-5-18(15)29-19(22)23)26-11-14-6-7-17(16(21)10-14)28-9-8-25-13-28;/h2-10,13,19H,11-12H2,1H3,(H2,24,26,27);1H. The van der Waals surface area contributed by atoms with Crippen LogP contribution in [0.4, 0.5) is 13.2 Å². The molecule has 0 unspecified atom stereocenters. The Balaban J connectivity index is 0.00000320. The number of nitrogens with one attached hydrogen (secondary N) is 2. The second-order valence-corrected chi connectivity index (χ2v) is 6.02. The average Bonchev–Trinajstić information content (AvgIpc) is 3.23. The first-order valence-corrected chi connectivity index (χ1v) is 8.81. The van der Waals surface area contributed by atoms with Gasteiger partial charge in [0.25, 0.3) is 0 Å². The first kappa shape index (κ1) is 23.5. The van der Waals surface area contributed by atoms with Crippen molar-refractivity contribution in [2.45, 2.75) is 19.7 Å². The predicted octanol–water partition coefficient (Wildman–Crippen LogP) is 4.10. The highest BCUT2D eigenvalue weighted by atomic mass is 127. The first-order chi connectivity index (χ1) is 14.1. The minimum Gasteiger partial charge on any atom is -0.434 e. The summed E-state index contributed by atoms with van der Waals surface area (Å²) in [5, 5.41) is 6.09. The number of rotatable bonds is 7. The third-order valence-corrected chi connectivity index (χ3v) is 4.11. The molecule has 30 heavy (non-hydrogen) atoms. The molecule has 0 fully saturated rings. The fourth-order valence-electron chi connectivity index (χ4n) is 2.72. The first-order valence-electron chi connectivity index (χ1n) is 8.81. The number of hydrogen-bond acceptors (Lipinski definition) is 3. The van der Waals surface area contributed by atoms with Crippen LogP contribution in [0, 0.1) is 5.82 Å². The Hall–Kier alpha value is -2.76.